The maximum atomic E-state index is 12.5. The zero-order valence-corrected chi connectivity index (χ0v) is 9.83. The molecule has 1 rings (SSSR count). The van der Waals surface area contributed by atoms with E-state index in [1.807, 2.05) is 0 Å². The molecule has 0 spiro atoms. The second-order valence-electron chi connectivity index (χ2n) is 2.79. The van der Waals surface area contributed by atoms with Crippen LogP contribution in [-0.4, -0.2) is 5.88 Å². The van der Waals surface area contributed by atoms with E-state index in [9.17, 15) is 13.2 Å². The van der Waals surface area contributed by atoms with Gasteiger partial charge in [-0.1, -0.05) is 34.1 Å². The van der Waals surface area contributed by atoms with Gasteiger partial charge in [0.2, 0.25) is 0 Å². The van der Waals surface area contributed by atoms with Gasteiger partial charge in [0.1, 0.15) is 0 Å². The first-order chi connectivity index (χ1) is 6.95. The van der Waals surface area contributed by atoms with Gasteiger partial charge in [-0.3, -0.25) is 0 Å². The van der Waals surface area contributed by atoms with Crippen LogP contribution in [0.25, 0.3) is 6.08 Å². The van der Waals surface area contributed by atoms with Crippen LogP contribution >= 0.6 is 27.5 Å². The Bertz CT molecular complexity index is 371. The summed E-state index contributed by atoms with van der Waals surface area (Å²) in [7, 11) is 0. The summed E-state index contributed by atoms with van der Waals surface area (Å²) in [5.41, 5.74) is -0.203. The van der Waals surface area contributed by atoms with Crippen LogP contribution in [0.1, 0.15) is 11.1 Å². The van der Waals surface area contributed by atoms with Crippen molar-refractivity contribution in [2.75, 3.05) is 5.88 Å². The van der Waals surface area contributed by atoms with Crippen LogP contribution in [0.3, 0.4) is 0 Å². The van der Waals surface area contributed by atoms with E-state index in [4.69, 9.17) is 11.6 Å². The summed E-state index contributed by atoms with van der Waals surface area (Å²) in [5.74, 6) is 0.275. The molecule has 0 nitrogen and oxygen atoms in total. The molecule has 0 aliphatic heterocycles. The maximum absolute atomic E-state index is 12.5. The highest BCUT2D eigenvalue weighted by molar-refractivity contribution is 9.10. The summed E-state index contributed by atoms with van der Waals surface area (Å²) in [6.07, 6.45) is -1.21. The van der Waals surface area contributed by atoms with E-state index < -0.39 is 11.7 Å². The minimum atomic E-state index is -4.34. The van der Waals surface area contributed by atoms with Crippen LogP contribution in [0.4, 0.5) is 13.2 Å². The summed E-state index contributed by atoms with van der Waals surface area (Å²) in [6.45, 7) is 0. The molecule has 0 aliphatic rings. The Morgan fingerprint density at radius 3 is 2.53 bits per heavy atom. The van der Waals surface area contributed by atoms with Crippen LogP contribution in [0.2, 0.25) is 0 Å². The van der Waals surface area contributed by atoms with Crippen LogP contribution in [0.5, 0.6) is 0 Å². The predicted octanol–water partition coefficient (Wildman–Crippen LogP) is 4.72. The fourth-order valence-corrected chi connectivity index (χ4v) is 1.60. The lowest BCUT2D eigenvalue weighted by atomic mass is 10.1. The van der Waals surface area contributed by atoms with E-state index in [0.29, 0.717) is 5.56 Å². The summed E-state index contributed by atoms with van der Waals surface area (Å²) >= 11 is 8.26. The molecular formula is C10H7BrClF3. The molecular weight excluding hydrogens is 292 g/mol. The number of alkyl halides is 4. The normalized spacial score (nSPS) is 12.3. The Kier molecular flexibility index (Phi) is 4.22. The molecule has 0 bridgehead atoms. The number of halogens is 5. The summed E-state index contributed by atoms with van der Waals surface area (Å²) in [4.78, 5) is 0. The van der Waals surface area contributed by atoms with Crippen LogP contribution in [-0.2, 0) is 6.18 Å². The Morgan fingerprint density at radius 1 is 1.33 bits per heavy atom. The molecule has 0 aliphatic carbocycles. The smallest absolute Gasteiger partial charge is 0.166 e. The third-order valence-electron chi connectivity index (χ3n) is 1.70. The van der Waals surface area contributed by atoms with E-state index in [1.165, 1.54) is 6.07 Å². The highest BCUT2D eigenvalue weighted by Crippen LogP contribution is 2.35. The Morgan fingerprint density at radius 2 is 2.00 bits per heavy atom. The first kappa shape index (κ1) is 12.6. The SMILES string of the molecule is FC(F)(F)c1cc(C=CCCl)ccc1Br. The van der Waals surface area contributed by atoms with Gasteiger partial charge in [-0.25, -0.2) is 0 Å². The third kappa shape index (κ3) is 3.54. The predicted molar refractivity (Wildman–Crippen MR) is 58.9 cm³/mol. The third-order valence-corrected chi connectivity index (χ3v) is 2.56. The van der Waals surface area contributed by atoms with E-state index in [2.05, 4.69) is 15.9 Å². The fraction of sp³-hybridized carbons (Fsp3) is 0.200. The van der Waals surface area contributed by atoms with E-state index in [-0.39, 0.29) is 10.4 Å². The van der Waals surface area contributed by atoms with Crippen molar-refractivity contribution in [2.45, 2.75) is 6.18 Å². The van der Waals surface area contributed by atoms with Crippen molar-refractivity contribution >= 4 is 33.6 Å². The topological polar surface area (TPSA) is 0 Å². The quantitative estimate of drug-likeness (QED) is 0.693. The molecule has 1 aromatic carbocycles. The summed E-state index contributed by atoms with van der Waals surface area (Å²) in [6, 6.07) is 4.03. The van der Waals surface area contributed by atoms with Crippen LogP contribution < -0.4 is 0 Å². The van der Waals surface area contributed by atoms with Gasteiger partial charge < -0.3 is 0 Å². The number of rotatable bonds is 2. The number of hydrogen-bond acceptors (Lipinski definition) is 0. The lowest BCUT2D eigenvalue weighted by Crippen LogP contribution is -2.06. The molecule has 15 heavy (non-hydrogen) atoms. The van der Waals surface area contributed by atoms with Crippen molar-refractivity contribution < 1.29 is 13.2 Å². The maximum Gasteiger partial charge on any atom is 0.417 e. The van der Waals surface area contributed by atoms with Crippen molar-refractivity contribution in [3.63, 3.8) is 0 Å². The van der Waals surface area contributed by atoms with E-state index >= 15 is 0 Å². The minimum absolute atomic E-state index is 0.0398. The van der Waals surface area contributed by atoms with Crippen molar-refractivity contribution in [3.8, 4) is 0 Å². The molecule has 0 heterocycles. The zero-order chi connectivity index (χ0) is 11.5. The molecule has 0 atom stereocenters. The minimum Gasteiger partial charge on any atom is -0.166 e. The van der Waals surface area contributed by atoms with Crippen molar-refractivity contribution in [1.82, 2.24) is 0 Å². The lowest BCUT2D eigenvalue weighted by molar-refractivity contribution is -0.138. The number of allylic oxidation sites excluding steroid dienone is 1. The van der Waals surface area contributed by atoms with Gasteiger partial charge >= 0.3 is 6.18 Å². The van der Waals surface area contributed by atoms with E-state index in [0.717, 1.165) is 6.07 Å². The molecule has 0 N–H and O–H groups in total. The lowest BCUT2D eigenvalue weighted by Gasteiger charge is -2.09. The molecule has 0 radical (unpaired) electrons. The first-order valence-electron chi connectivity index (χ1n) is 4.04. The first-order valence-corrected chi connectivity index (χ1v) is 5.37. The largest absolute Gasteiger partial charge is 0.417 e. The Balaban J connectivity index is 3.11. The highest BCUT2D eigenvalue weighted by atomic mass is 79.9. The molecule has 0 saturated heterocycles. The monoisotopic (exact) mass is 298 g/mol. The van der Waals surface area contributed by atoms with Crippen LogP contribution in [0, 0.1) is 0 Å². The molecule has 0 amide bonds. The Labute approximate surface area is 98.9 Å². The van der Waals surface area contributed by atoms with Gasteiger partial charge in [0.15, 0.2) is 0 Å². The molecule has 1 aromatic rings. The van der Waals surface area contributed by atoms with Crippen molar-refractivity contribution in [1.29, 1.82) is 0 Å². The summed E-state index contributed by atoms with van der Waals surface area (Å²) < 4.78 is 37.5. The van der Waals surface area contributed by atoms with Crippen LogP contribution in [0.15, 0.2) is 28.7 Å². The molecule has 0 unspecified atom stereocenters. The van der Waals surface area contributed by atoms with Gasteiger partial charge in [0.05, 0.1) is 5.56 Å². The zero-order valence-electron chi connectivity index (χ0n) is 7.48. The standard InChI is InChI=1S/C10H7BrClF3/c11-9-4-3-7(2-1-5-12)6-8(9)10(13,14)15/h1-4,6H,5H2. The fourth-order valence-electron chi connectivity index (χ4n) is 1.04. The van der Waals surface area contributed by atoms with Gasteiger partial charge in [-0.2, -0.15) is 13.2 Å². The molecule has 0 saturated carbocycles. The molecule has 0 fully saturated rings. The van der Waals surface area contributed by atoms with Gasteiger partial charge in [0, 0.05) is 10.4 Å². The number of benzene rings is 1. The van der Waals surface area contributed by atoms with Crippen molar-refractivity contribution in [2.24, 2.45) is 0 Å². The highest BCUT2D eigenvalue weighted by Gasteiger charge is 2.32. The van der Waals surface area contributed by atoms with E-state index in [1.54, 1.807) is 18.2 Å². The average Bonchev–Trinajstić information content (AvgIpc) is 2.15. The second kappa shape index (κ2) is 5.03. The molecule has 82 valence electrons. The molecule has 5 heteroatoms. The Hall–Kier alpha value is -0.480. The van der Waals surface area contributed by atoms with Gasteiger partial charge in [-0.15, -0.1) is 11.6 Å². The van der Waals surface area contributed by atoms with Gasteiger partial charge in [-0.05, 0) is 17.7 Å². The van der Waals surface area contributed by atoms with Gasteiger partial charge in [0.25, 0.3) is 0 Å². The second-order valence-corrected chi connectivity index (χ2v) is 3.96. The molecule has 0 aromatic heterocycles. The summed E-state index contributed by atoms with van der Waals surface area (Å²) in [5, 5.41) is 0. The number of hydrogen-bond donors (Lipinski definition) is 0. The van der Waals surface area contributed by atoms with Crippen molar-refractivity contribution in [3.05, 3.63) is 39.9 Å². The average molecular weight is 300 g/mol.